The number of nitrogens with zero attached hydrogens (tertiary/aromatic N) is 2. The number of sulfonamides is 1. The van der Waals surface area contributed by atoms with E-state index in [1.54, 1.807) is 37.3 Å². The number of carbonyl (C=O) groups excluding carboxylic acids is 2. The fourth-order valence-electron chi connectivity index (χ4n) is 3.46. The largest absolute Gasteiger partial charge is 0.493 e. The van der Waals surface area contributed by atoms with Crippen molar-refractivity contribution in [1.29, 1.82) is 0 Å². The summed E-state index contributed by atoms with van der Waals surface area (Å²) in [6, 6.07) is 10.6. The van der Waals surface area contributed by atoms with Crippen molar-refractivity contribution in [3.63, 3.8) is 0 Å². The molecule has 0 saturated carbocycles. The minimum absolute atomic E-state index is 0.0147. The van der Waals surface area contributed by atoms with E-state index in [4.69, 9.17) is 21.1 Å². The van der Waals surface area contributed by atoms with E-state index < -0.39 is 34.1 Å². The van der Waals surface area contributed by atoms with Gasteiger partial charge in [-0.3, -0.25) is 13.9 Å². The molecular weight excluding hydrogens is 506 g/mol. The SMILES string of the molecule is COc1ccc(N(CC(=O)N(Cc2ccccc2Cl)[C@H](C)C(=O)NC(C)(C)C)S(C)(=O)=O)cc1OC. The molecule has 0 aliphatic carbocycles. The molecule has 2 aromatic rings. The molecule has 2 rings (SSSR count). The summed E-state index contributed by atoms with van der Waals surface area (Å²) >= 11 is 6.33. The summed E-state index contributed by atoms with van der Waals surface area (Å²) in [6.07, 6.45) is 1.01. The lowest BCUT2D eigenvalue weighted by atomic mass is 10.1. The van der Waals surface area contributed by atoms with Crippen LogP contribution in [0.25, 0.3) is 0 Å². The molecule has 2 aromatic carbocycles. The molecule has 0 unspecified atom stereocenters. The summed E-state index contributed by atoms with van der Waals surface area (Å²) in [5, 5.41) is 3.30. The second-order valence-electron chi connectivity index (χ2n) is 9.34. The number of hydrogen-bond acceptors (Lipinski definition) is 6. The molecule has 0 bridgehead atoms. The summed E-state index contributed by atoms with van der Waals surface area (Å²) < 4.78 is 36.9. The zero-order valence-corrected chi connectivity index (χ0v) is 23.2. The van der Waals surface area contributed by atoms with Gasteiger partial charge in [-0.15, -0.1) is 0 Å². The van der Waals surface area contributed by atoms with Gasteiger partial charge in [0.1, 0.15) is 12.6 Å². The number of halogens is 1. The fourth-order valence-corrected chi connectivity index (χ4v) is 4.50. The molecule has 0 aliphatic rings. The molecule has 1 atom stereocenters. The van der Waals surface area contributed by atoms with Gasteiger partial charge in [0.05, 0.1) is 26.2 Å². The number of methoxy groups -OCH3 is 2. The van der Waals surface area contributed by atoms with Gasteiger partial charge in [0.2, 0.25) is 21.8 Å². The first-order valence-corrected chi connectivity index (χ1v) is 13.4. The Kier molecular flexibility index (Phi) is 9.62. The molecule has 11 heteroatoms. The highest BCUT2D eigenvalue weighted by atomic mass is 35.5. The Morgan fingerprint density at radius 3 is 2.19 bits per heavy atom. The Morgan fingerprint density at radius 2 is 1.67 bits per heavy atom. The molecule has 0 aliphatic heterocycles. The van der Waals surface area contributed by atoms with E-state index in [0.29, 0.717) is 22.1 Å². The molecule has 0 radical (unpaired) electrons. The minimum Gasteiger partial charge on any atom is -0.493 e. The first-order valence-electron chi connectivity index (χ1n) is 11.2. The number of amides is 2. The van der Waals surface area contributed by atoms with Crippen molar-refractivity contribution in [3.05, 3.63) is 53.1 Å². The molecule has 198 valence electrons. The molecule has 0 fully saturated rings. The number of nitrogens with one attached hydrogen (secondary N) is 1. The second-order valence-corrected chi connectivity index (χ2v) is 11.7. The summed E-state index contributed by atoms with van der Waals surface area (Å²) in [5.41, 5.74) is 0.316. The monoisotopic (exact) mass is 539 g/mol. The average molecular weight is 540 g/mol. The summed E-state index contributed by atoms with van der Waals surface area (Å²) in [4.78, 5) is 27.9. The Bertz CT molecular complexity index is 1200. The molecule has 36 heavy (non-hydrogen) atoms. The third-order valence-corrected chi connectivity index (χ3v) is 6.81. The van der Waals surface area contributed by atoms with Crippen LogP contribution < -0.4 is 19.1 Å². The van der Waals surface area contributed by atoms with Crippen molar-refractivity contribution in [2.45, 2.75) is 45.8 Å². The molecule has 2 amide bonds. The lowest BCUT2D eigenvalue weighted by Crippen LogP contribution is -2.54. The van der Waals surface area contributed by atoms with Crippen molar-refractivity contribution >= 4 is 39.1 Å². The zero-order valence-electron chi connectivity index (χ0n) is 21.7. The predicted molar refractivity (Wildman–Crippen MR) is 141 cm³/mol. The Balaban J connectivity index is 2.47. The maximum atomic E-state index is 13.6. The summed E-state index contributed by atoms with van der Waals surface area (Å²) in [6.45, 7) is 6.57. The third-order valence-electron chi connectivity index (χ3n) is 5.30. The van der Waals surface area contributed by atoms with Crippen LogP contribution in [0.4, 0.5) is 5.69 Å². The van der Waals surface area contributed by atoms with Gasteiger partial charge in [-0.25, -0.2) is 8.42 Å². The van der Waals surface area contributed by atoms with Crippen molar-refractivity contribution in [2.24, 2.45) is 0 Å². The van der Waals surface area contributed by atoms with E-state index >= 15 is 0 Å². The number of rotatable bonds is 10. The normalized spacial score (nSPS) is 12.4. The van der Waals surface area contributed by atoms with Gasteiger partial charge in [0, 0.05) is 23.2 Å². The highest BCUT2D eigenvalue weighted by molar-refractivity contribution is 7.92. The molecule has 0 heterocycles. The number of hydrogen-bond donors (Lipinski definition) is 1. The van der Waals surface area contributed by atoms with Crippen LogP contribution in [-0.4, -0.2) is 63.7 Å². The second kappa shape index (κ2) is 11.8. The topological polar surface area (TPSA) is 105 Å². The van der Waals surface area contributed by atoms with E-state index in [1.165, 1.54) is 31.3 Å². The fraction of sp³-hybridized carbons (Fsp3) is 0.440. The molecule has 0 spiro atoms. The number of carbonyl (C=O) groups is 2. The highest BCUT2D eigenvalue weighted by Gasteiger charge is 2.32. The van der Waals surface area contributed by atoms with Crippen LogP contribution in [0.5, 0.6) is 11.5 Å². The minimum atomic E-state index is -3.88. The average Bonchev–Trinajstić information content (AvgIpc) is 2.79. The van der Waals surface area contributed by atoms with E-state index in [0.717, 1.165) is 10.6 Å². The zero-order chi connectivity index (χ0) is 27.3. The van der Waals surface area contributed by atoms with Crippen molar-refractivity contribution in [2.75, 3.05) is 31.3 Å². The van der Waals surface area contributed by atoms with E-state index in [9.17, 15) is 18.0 Å². The third kappa shape index (κ3) is 7.76. The number of anilines is 1. The van der Waals surface area contributed by atoms with Crippen LogP contribution in [0.2, 0.25) is 5.02 Å². The van der Waals surface area contributed by atoms with Crippen LogP contribution in [0.3, 0.4) is 0 Å². The van der Waals surface area contributed by atoms with Crippen molar-refractivity contribution in [1.82, 2.24) is 10.2 Å². The standard InChI is InChI=1S/C25H34ClN3O6S/c1-17(24(31)27-25(2,3)4)28(15-18-10-8-9-11-20(18)26)23(30)16-29(36(7,32)33)19-12-13-21(34-5)22(14-19)35-6/h8-14,17H,15-16H2,1-7H3,(H,27,31)/t17-/m1/s1. The Hall–Kier alpha value is -2.98. The molecule has 0 saturated heterocycles. The summed E-state index contributed by atoms with van der Waals surface area (Å²) in [7, 11) is -0.991. The smallest absolute Gasteiger partial charge is 0.244 e. The van der Waals surface area contributed by atoms with E-state index in [-0.39, 0.29) is 18.1 Å². The lowest BCUT2D eigenvalue weighted by Gasteiger charge is -2.33. The van der Waals surface area contributed by atoms with Gasteiger partial charge in [-0.05, 0) is 51.5 Å². The van der Waals surface area contributed by atoms with E-state index in [1.807, 2.05) is 20.8 Å². The van der Waals surface area contributed by atoms with Gasteiger partial charge in [-0.2, -0.15) is 0 Å². The Labute approximate surface area is 218 Å². The Morgan fingerprint density at radius 1 is 1.06 bits per heavy atom. The lowest BCUT2D eigenvalue weighted by molar-refractivity contribution is -0.140. The predicted octanol–water partition coefficient (Wildman–Crippen LogP) is 3.46. The molecule has 9 nitrogen and oxygen atoms in total. The van der Waals surface area contributed by atoms with Crippen LogP contribution in [0.15, 0.2) is 42.5 Å². The maximum Gasteiger partial charge on any atom is 0.244 e. The van der Waals surface area contributed by atoms with Gasteiger partial charge >= 0.3 is 0 Å². The van der Waals surface area contributed by atoms with Crippen LogP contribution in [-0.2, 0) is 26.2 Å². The maximum absolute atomic E-state index is 13.6. The first kappa shape index (κ1) is 29.3. The molecule has 1 N–H and O–H groups in total. The molecule has 0 aromatic heterocycles. The van der Waals surface area contributed by atoms with Gasteiger partial charge in [0.15, 0.2) is 11.5 Å². The van der Waals surface area contributed by atoms with Gasteiger partial charge in [-0.1, -0.05) is 29.8 Å². The number of ether oxygens (including phenoxy) is 2. The highest BCUT2D eigenvalue weighted by Crippen LogP contribution is 2.32. The van der Waals surface area contributed by atoms with Gasteiger partial charge < -0.3 is 19.7 Å². The van der Waals surface area contributed by atoms with E-state index in [2.05, 4.69) is 5.32 Å². The first-order chi connectivity index (χ1) is 16.7. The van der Waals surface area contributed by atoms with Crippen LogP contribution in [0.1, 0.15) is 33.3 Å². The van der Waals surface area contributed by atoms with Crippen LogP contribution >= 0.6 is 11.6 Å². The van der Waals surface area contributed by atoms with Crippen LogP contribution in [0, 0.1) is 0 Å². The summed E-state index contributed by atoms with van der Waals surface area (Å²) in [5.74, 6) is -0.234. The number of benzene rings is 2. The van der Waals surface area contributed by atoms with Crippen molar-refractivity contribution < 1.29 is 27.5 Å². The quantitative estimate of drug-likeness (QED) is 0.496. The molecular formula is C25H34ClN3O6S. The van der Waals surface area contributed by atoms with Crippen molar-refractivity contribution in [3.8, 4) is 11.5 Å². The van der Waals surface area contributed by atoms with Gasteiger partial charge in [0.25, 0.3) is 0 Å².